The smallest absolute Gasteiger partial charge is 0.123 e. The molecule has 1 unspecified atom stereocenters. The number of ether oxygens (including phenoxy) is 1. The van der Waals surface area contributed by atoms with Crippen LogP contribution >= 0.6 is 0 Å². The zero-order chi connectivity index (χ0) is 13.0. The highest BCUT2D eigenvalue weighted by molar-refractivity contribution is 5.36. The van der Waals surface area contributed by atoms with Crippen molar-refractivity contribution >= 4 is 0 Å². The van der Waals surface area contributed by atoms with Gasteiger partial charge in [0.25, 0.3) is 0 Å². The van der Waals surface area contributed by atoms with Crippen LogP contribution in [0.25, 0.3) is 0 Å². The Morgan fingerprint density at radius 3 is 2.61 bits per heavy atom. The maximum atomic E-state index is 9.72. The van der Waals surface area contributed by atoms with Crippen LogP contribution in [-0.2, 0) is 0 Å². The molecule has 1 aliphatic heterocycles. The topological polar surface area (TPSA) is 32.7 Å². The van der Waals surface area contributed by atoms with Gasteiger partial charge in [-0.1, -0.05) is 25.1 Å². The molecule has 1 N–H and O–H groups in total. The van der Waals surface area contributed by atoms with E-state index in [0.29, 0.717) is 0 Å². The fraction of sp³-hybridized carbons (Fsp3) is 0.600. The van der Waals surface area contributed by atoms with Gasteiger partial charge in [0, 0.05) is 5.56 Å². The second-order valence-corrected chi connectivity index (χ2v) is 5.16. The number of nitrogens with zero attached hydrogens (tertiary/aromatic N) is 1. The van der Waals surface area contributed by atoms with Crippen molar-refractivity contribution in [1.29, 1.82) is 0 Å². The lowest BCUT2D eigenvalue weighted by Gasteiger charge is -2.36. The van der Waals surface area contributed by atoms with E-state index >= 15 is 0 Å². The predicted octanol–water partition coefficient (Wildman–Crippen LogP) is 2.46. The van der Waals surface area contributed by atoms with Gasteiger partial charge in [-0.3, -0.25) is 4.90 Å². The Morgan fingerprint density at radius 1 is 1.33 bits per heavy atom. The molecule has 1 aliphatic rings. The summed E-state index contributed by atoms with van der Waals surface area (Å²) >= 11 is 0. The number of para-hydroxylation sites is 1. The highest BCUT2D eigenvalue weighted by Gasteiger charge is 2.25. The molecule has 0 bridgehead atoms. The van der Waals surface area contributed by atoms with Crippen molar-refractivity contribution in [2.24, 2.45) is 5.92 Å². The molecule has 3 heteroatoms. The van der Waals surface area contributed by atoms with Crippen LogP contribution in [0.5, 0.6) is 5.75 Å². The molecule has 1 saturated heterocycles. The van der Waals surface area contributed by atoms with Crippen molar-refractivity contribution in [3.63, 3.8) is 0 Å². The van der Waals surface area contributed by atoms with Crippen LogP contribution in [0.2, 0.25) is 0 Å². The van der Waals surface area contributed by atoms with E-state index in [1.54, 1.807) is 7.11 Å². The van der Waals surface area contributed by atoms with Crippen LogP contribution in [0.4, 0.5) is 0 Å². The third-order valence-corrected chi connectivity index (χ3v) is 3.93. The number of aliphatic hydroxyl groups is 1. The first-order chi connectivity index (χ1) is 8.76. The second-order valence-electron chi connectivity index (χ2n) is 5.16. The summed E-state index contributed by atoms with van der Waals surface area (Å²) in [6, 6.07) is 8.05. The van der Waals surface area contributed by atoms with Gasteiger partial charge in [0.05, 0.1) is 19.8 Å². The quantitative estimate of drug-likeness (QED) is 0.889. The Bertz CT molecular complexity index is 373. The van der Waals surface area contributed by atoms with E-state index in [1.807, 2.05) is 18.2 Å². The molecule has 1 fully saturated rings. The lowest BCUT2D eigenvalue weighted by atomic mass is 9.95. The molecule has 1 heterocycles. The minimum Gasteiger partial charge on any atom is -0.496 e. The average molecular weight is 249 g/mol. The van der Waals surface area contributed by atoms with Gasteiger partial charge in [-0.15, -0.1) is 0 Å². The molecular formula is C15H23NO2. The molecule has 0 aliphatic carbocycles. The lowest BCUT2D eigenvalue weighted by Crippen LogP contribution is -2.37. The highest BCUT2D eigenvalue weighted by atomic mass is 16.5. The molecule has 0 saturated carbocycles. The number of methoxy groups -OCH3 is 1. The molecule has 1 aromatic rings. The summed E-state index contributed by atoms with van der Waals surface area (Å²) < 4.78 is 5.40. The second kappa shape index (κ2) is 6.21. The number of piperidine rings is 1. The van der Waals surface area contributed by atoms with Gasteiger partial charge in [-0.05, 0) is 37.9 Å². The summed E-state index contributed by atoms with van der Waals surface area (Å²) in [5.74, 6) is 1.67. The molecule has 1 atom stereocenters. The summed E-state index contributed by atoms with van der Waals surface area (Å²) in [7, 11) is 1.69. The maximum Gasteiger partial charge on any atom is 0.123 e. The van der Waals surface area contributed by atoms with E-state index in [0.717, 1.165) is 30.3 Å². The standard InChI is InChI=1S/C15H23NO2/c1-12-7-9-16(10-8-12)14(11-17)13-5-3-4-6-15(13)18-2/h3-6,12,14,17H,7-11H2,1-2H3. The number of benzene rings is 1. The fourth-order valence-corrected chi connectivity index (χ4v) is 2.69. The van der Waals surface area contributed by atoms with Crippen LogP contribution < -0.4 is 4.74 Å². The van der Waals surface area contributed by atoms with Gasteiger partial charge >= 0.3 is 0 Å². The normalized spacial score (nSPS) is 19.7. The van der Waals surface area contributed by atoms with Gasteiger partial charge in [0.15, 0.2) is 0 Å². The summed E-state index contributed by atoms with van der Waals surface area (Å²) in [6.45, 7) is 4.57. The predicted molar refractivity (Wildman–Crippen MR) is 72.8 cm³/mol. The van der Waals surface area contributed by atoms with Gasteiger partial charge in [-0.2, -0.15) is 0 Å². The van der Waals surface area contributed by atoms with Crippen molar-refractivity contribution in [3.8, 4) is 5.75 Å². The largest absolute Gasteiger partial charge is 0.496 e. The summed E-state index contributed by atoms with van der Waals surface area (Å²) in [6.07, 6.45) is 2.43. The Labute approximate surface area is 109 Å². The van der Waals surface area contributed by atoms with E-state index < -0.39 is 0 Å². The molecule has 0 amide bonds. The third-order valence-electron chi connectivity index (χ3n) is 3.93. The van der Waals surface area contributed by atoms with Gasteiger partial charge in [-0.25, -0.2) is 0 Å². The first kappa shape index (κ1) is 13.4. The molecule has 2 rings (SSSR count). The Hall–Kier alpha value is -1.06. The molecule has 18 heavy (non-hydrogen) atoms. The Morgan fingerprint density at radius 2 is 2.00 bits per heavy atom. The van der Waals surface area contributed by atoms with Crippen molar-refractivity contribution in [2.45, 2.75) is 25.8 Å². The minimum absolute atomic E-state index is 0.0636. The summed E-state index contributed by atoms with van der Waals surface area (Å²) in [5, 5.41) is 9.72. The highest BCUT2D eigenvalue weighted by Crippen LogP contribution is 2.31. The zero-order valence-electron chi connectivity index (χ0n) is 11.3. The number of hydrogen-bond acceptors (Lipinski definition) is 3. The number of rotatable bonds is 4. The zero-order valence-corrected chi connectivity index (χ0v) is 11.3. The Kier molecular flexibility index (Phi) is 4.61. The van der Waals surface area contributed by atoms with Crippen LogP contribution in [0, 0.1) is 5.92 Å². The monoisotopic (exact) mass is 249 g/mol. The van der Waals surface area contributed by atoms with E-state index in [1.165, 1.54) is 12.8 Å². The SMILES string of the molecule is COc1ccccc1C(CO)N1CCC(C)CC1. The number of hydrogen-bond donors (Lipinski definition) is 1. The first-order valence-corrected chi connectivity index (χ1v) is 6.74. The molecule has 0 aromatic heterocycles. The van der Waals surface area contributed by atoms with Gasteiger partial charge < -0.3 is 9.84 Å². The van der Waals surface area contributed by atoms with Crippen LogP contribution in [0.1, 0.15) is 31.4 Å². The average Bonchev–Trinajstić information content (AvgIpc) is 2.42. The van der Waals surface area contributed by atoms with Crippen molar-refractivity contribution in [2.75, 3.05) is 26.8 Å². The Balaban J connectivity index is 2.17. The van der Waals surface area contributed by atoms with Crippen LogP contribution in [0.3, 0.4) is 0 Å². The molecule has 0 spiro atoms. The summed E-state index contributed by atoms with van der Waals surface area (Å²) in [5.41, 5.74) is 1.09. The fourth-order valence-electron chi connectivity index (χ4n) is 2.69. The lowest BCUT2D eigenvalue weighted by molar-refractivity contribution is 0.0881. The molecule has 0 radical (unpaired) electrons. The van der Waals surface area contributed by atoms with Crippen molar-refractivity contribution in [3.05, 3.63) is 29.8 Å². The maximum absolute atomic E-state index is 9.72. The molecule has 3 nitrogen and oxygen atoms in total. The molecule has 100 valence electrons. The van der Waals surface area contributed by atoms with Gasteiger partial charge in [0.1, 0.15) is 5.75 Å². The first-order valence-electron chi connectivity index (χ1n) is 6.74. The summed E-state index contributed by atoms with van der Waals surface area (Å²) in [4.78, 5) is 2.37. The van der Waals surface area contributed by atoms with Gasteiger partial charge in [0.2, 0.25) is 0 Å². The van der Waals surface area contributed by atoms with Crippen LogP contribution in [-0.4, -0.2) is 36.8 Å². The van der Waals surface area contributed by atoms with E-state index in [2.05, 4.69) is 17.9 Å². The molecular weight excluding hydrogens is 226 g/mol. The van der Waals surface area contributed by atoms with E-state index in [9.17, 15) is 5.11 Å². The van der Waals surface area contributed by atoms with E-state index in [4.69, 9.17) is 4.74 Å². The molecule has 1 aromatic carbocycles. The minimum atomic E-state index is 0.0636. The number of aliphatic hydroxyl groups excluding tert-OH is 1. The third kappa shape index (κ3) is 2.85. The van der Waals surface area contributed by atoms with Crippen molar-refractivity contribution in [1.82, 2.24) is 4.90 Å². The van der Waals surface area contributed by atoms with Crippen molar-refractivity contribution < 1.29 is 9.84 Å². The number of likely N-dealkylation sites (tertiary alicyclic amines) is 1. The van der Waals surface area contributed by atoms with E-state index in [-0.39, 0.29) is 12.6 Å². The van der Waals surface area contributed by atoms with Crippen LogP contribution in [0.15, 0.2) is 24.3 Å².